The van der Waals surface area contributed by atoms with Crippen molar-refractivity contribution in [1.82, 2.24) is 15.7 Å². The smallest absolute Gasteiger partial charge is 0.262 e. The highest BCUT2D eigenvalue weighted by Crippen LogP contribution is 2.46. The van der Waals surface area contributed by atoms with Crippen molar-refractivity contribution in [3.63, 3.8) is 0 Å². The van der Waals surface area contributed by atoms with Gasteiger partial charge in [0.25, 0.3) is 10.4 Å². The lowest BCUT2D eigenvalue weighted by Crippen LogP contribution is -2.31. The van der Waals surface area contributed by atoms with Crippen LogP contribution in [0.3, 0.4) is 0 Å². The highest BCUT2D eigenvalue weighted by atomic mass is 32.3. The Hall–Kier alpha value is -6.80. The van der Waals surface area contributed by atoms with Crippen LogP contribution in [-0.2, 0) is 28.2 Å². The van der Waals surface area contributed by atoms with Crippen LogP contribution in [0.25, 0.3) is 55.5 Å². The molecule has 8 rings (SSSR count). The van der Waals surface area contributed by atoms with Crippen LogP contribution >= 0.6 is 0 Å². The molecule has 0 amide bonds. The van der Waals surface area contributed by atoms with Crippen molar-refractivity contribution >= 4 is 60.5 Å². The number of nitrogens with one attached hydrogen (secondary N) is 1. The van der Waals surface area contributed by atoms with Gasteiger partial charge >= 0.3 is 0 Å². The first-order valence-corrected chi connectivity index (χ1v) is 17.8. The molecule has 1 aliphatic rings. The molecule has 12 nitrogen and oxygen atoms in total. The number of nitrogens with zero attached hydrogens (tertiary/aromatic N) is 1. The second kappa shape index (κ2) is 13.6. The van der Waals surface area contributed by atoms with Gasteiger partial charge in [-0.15, -0.1) is 0 Å². The van der Waals surface area contributed by atoms with Crippen molar-refractivity contribution in [1.29, 1.82) is 0 Å². The molecule has 0 aliphatic heterocycles. The fourth-order valence-corrected chi connectivity index (χ4v) is 7.37. The number of hydrogen-bond acceptors (Lipinski definition) is 9. The van der Waals surface area contributed by atoms with Gasteiger partial charge in [-0.25, -0.2) is 8.42 Å². The van der Waals surface area contributed by atoms with Gasteiger partial charge in [0.05, 0.1) is 27.5 Å². The number of para-hydroxylation sites is 1. The number of aromatic nitrogens is 2. The number of aromatic amines is 1. The Bertz CT molecular complexity index is 2910. The molecule has 9 N–H and O–H groups in total. The van der Waals surface area contributed by atoms with Gasteiger partial charge in [0.1, 0.15) is 23.0 Å². The minimum Gasteiger partial charge on any atom is -0.716 e. The van der Waals surface area contributed by atoms with Gasteiger partial charge < -0.3 is 44.9 Å². The van der Waals surface area contributed by atoms with Gasteiger partial charge in [-0.3, -0.25) is 4.79 Å². The molecule has 7 aromatic rings. The zero-order valence-corrected chi connectivity index (χ0v) is 29.5. The highest BCUT2D eigenvalue weighted by molar-refractivity contribution is 7.81. The number of rotatable bonds is 7. The van der Waals surface area contributed by atoms with Crippen LogP contribution in [0.2, 0.25) is 0 Å². The number of H-pyrrole nitrogens is 1. The summed E-state index contributed by atoms with van der Waals surface area (Å²) in [6, 6.07) is 24.4. The van der Waals surface area contributed by atoms with E-state index in [9.17, 15) is 38.2 Å². The number of ketones is 1. The number of phenols is 4. The quantitative estimate of drug-likeness (QED) is 0.0844. The third-order valence-corrected chi connectivity index (χ3v) is 9.69. The number of carbonyl (C=O) groups is 1. The summed E-state index contributed by atoms with van der Waals surface area (Å²) in [5.74, 6) is -0.424. The number of carbonyl (C=O) groups excluding carboxylic acids is 1. The summed E-state index contributed by atoms with van der Waals surface area (Å²) in [6.07, 6.45) is 8.76. The number of benzene rings is 5. The summed E-state index contributed by atoms with van der Waals surface area (Å²) in [5.41, 5.74) is 4.21. The van der Waals surface area contributed by atoms with E-state index in [1.807, 2.05) is 18.2 Å². The largest absolute Gasteiger partial charge is 0.716 e. The zero-order valence-electron chi connectivity index (χ0n) is 28.6. The Kier molecular flexibility index (Phi) is 8.99. The third-order valence-electron chi connectivity index (χ3n) is 9.31. The molecule has 2 heterocycles. The zero-order chi connectivity index (χ0) is 37.0. The lowest BCUT2D eigenvalue weighted by atomic mass is 9.95. The van der Waals surface area contributed by atoms with E-state index in [1.54, 1.807) is 72.8 Å². The van der Waals surface area contributed by atoms with Gasteiger partial charge in [-0.05, 0) is 89.4 Å². The Balaban J connectivity index is 0.00000450. The van der Waals surface area contributed by atoms with Crippen molar-refractivity contribution in [2.24, 2.45) is 0 Å². The van der Waals surface area contributed by atoms with Gasteiger partial charge in [-0.1, -0.05) is 60.7 Å². The Morgan fingerprint density at radius 3 is 2.00 bits per heavy atom. The fraction of sp³-hybridized carbons (Fsp3) is 0.0488. The first kappa shape index (κ1) is 35.6. The molecule has 0 atom stereocenters. The maximum atomic E-state index is 12.4. The molecule has 0 saturated heterocycles. The van der Waals surface area contributed by atoms with Gasteiger partial charge in [0, 0.05) is 27.9 Å². The van der Waals surface area contributed by atoms with Crippen LogP contribution < -0.4 is 20.9 Å². The van der Waals surface area contributed by atoms with E-state index < -0.39 is 10.4 Å². The van der Waals surface area contributed by atoms with Crippen LogP contribution in [0, 0.1) is 0 Å². The van der Waals surface area contributed by atoms with E-state index in [0.717, 1.165) is 11.1 Å². The normalized spacial score (nSPS) is 13.3. The molecular formula is C41H33N3O9S. The number of aryl methyl sites for hydroxylation is 2. The SMILES string of the molecule is O=C1C=CC(=c2/c(=C/c3ccc(O)cc3)n(CCc3ccc(O)cc3)c3c(-c4ccc(O)cc4)c(O)c4[nH]c5c(OS(=O)(=O)[O-])cccc5c4c23)C=C1.[NH4+]. The van der Waals surface area contributed by atoms with Crippen molar-refractivity contribution in [2.75, 3.05) is 0 Å². The first-order valence-electron chi connectivity index (χ1n) is 16.4. The van der Waals surface area contributed by atoms with Gasteiger partial charge in [-0.2, -0.15) is 0 Å². The van der Waals surface area contributed by atoms with E-state index >= 15 is 0 Å². The standard InChI is InChI=1S/C41H30N2O9S.H3N/c44-27-12-4-23(5-13-27)20-21-43-32(22-24-6-14-28(45)15-7-24)34(25-8-16-29(46)17-9-25)37-36-31-2-1-3-33(52-53(49,50)51)38(31)42-39(36)41(48)35(40(37)43)26-10-18-30(47)19-11-26;/h1-19,22,42,44-45,47-48H,20-21H2,(H,49,50,51);1H3/b32-22-;. The fourth-order valence-electron chi connectivity index (χ4n) is 7.01. The Morgan fingerprint density at radius 1 is 0.759 bits per heavy atom. The van der Waals surface area contributed by atoms with E-state index in [0.29, 0.717) is 61.9 Å². The molecule has 0 radical (unpaired) electrons. The lowest BCUT2D eigenvalue weighted by molar-refractivity contribution is -0.110. The number of allylic oxidation sites excluding steroid dienone is 4. The van der Waals surface area contributed by atoms with Crippen LogP contribution in [-0.4, -0.2) is 48.7 Å². The molecule has 2 aromatic heterocycles. The molecule has 0 saturated carbocycles. The molecule has 0 bridgehead atoms. The predicted molar refractivity (Wildman–Crippen MR) is 206 cm³/mol. The van der Waals surface area contributed by atoms with Crippen molar-refractivity contribution in [3.8, 4) is 39.9 Å². The van der Waals surface area contributed by atoms with Crippen molar-refractivity contribution in [3.05, 3.63) is 137 Å². The van der Waals surface area contributed by atoms with Crippen LogP contribution in [0.1, 0.15) is 11.1 Å². The summed E-state index contributed by atoms with van der Waals surface area (Å²) in [7, 11) is -5.17. The molecule has 54 heavy (non-hydrogen) atoms. The Morgan fingerprint density at radius 2 is 1.37 bits per heavy atom. The number of quaternary nitrogens is 1. The molecule has 5 aromatic carbocycles. The maximum Gasteiger partial charge on any atom is 0.262 e. The third kappa shape index (κ3) is 6.43. The van der Waals surface area contributed by atoms with Crippen molar-refractivity contribution < 1.29 is 42.4 Å². The molecule has 272 valence electrons. The average Bonchev–Trinajstić information content (AvgIpc) is 3.66. The van der Waals surface area contributed by atoms with Crippen LogP contribution in [0.5, 0.6) is 28.7 Å². The van der Waals surface area contributed by atoms with E-state index in [-0.39, 0.29) is 51.7 Å². The average molecular weight is 744 g/mol. The Labute approximate surface area is 307 Å². The molecule has 1 aliphatic carbocycles. The lowest BCUT2D eigenvalue weighted by Gasteiger charge is -2.14. The molecule has 0 unspecified atom stereocenters. The second-order valence-electron chi connectivity index (χ2n) is 12.6. The van der Waals surface area contributed by atoms with E-state index in [4.69, 9.17) is 4.18 Å². The summed E-state index contributed by atoms with van der Waals surface area (Å²) >= 11 is 0. The topological polar surface area (TPSA) is 222 Å². The van der Waals surface area contributed by atoms with Gasteiger partial charge in [0.2, 0.25) is 0 Å². The summed E-state index contributed by atoms with van der Waals surface area (Å²) in [4.78, 5) is 15.6. The van der Waals surface area contributed by atoms with Crippen molar-refractivity contribution in [2.45, 2.75) is 13.0 Å². The van der Waals surface area contributed by atoms with Crippen LogP contribution in [0.15, 0.2) is 115 Å². The first-order chi connectivity index (χ1) is 25.4. The minimum absolute atomic E-state index is 0. The van der Waals surface area contributed by atoms with E-state index in [1.165, 1.54) is 30.4 Å². The number of phenolic OH excluding ortho intramolecular Hbond substituents is 4. The molecule has 13 heteroatoms. The predicted octanol–water partition coefficient (Wildman–Crippen LogP) is 5.90. The molecule has 0 fully saturated rings. The monoisotopic (exact) mass is 743 g/mol. The summed E-state index contributed by atoms with van der Waals surface area (Å²) in [6.45, 7) is 0.353. The van der Waals surface area contributed by atoms with Gasteiger partial charge in [0.15, 0.2) is 11.5 Å². The minimum atomic E-state index is -5.17. The molecular weight excluding hydrogens is 711 g/mol. The summed E-state index contributed by atoms with van der Waals surface area (Å²) in [5, 5.41) is 45.6. The van der Waals surface area contributed by atoms with E-state index in [2.05, 4.69) is 9.55 Å². The number of fused-ring (bicyclic) bond motifs is 5. The maximum absolute atomic E-state index is 12.4. The number of aromatic hydroxyl groups is 4. The highest BCUT2D eigenvalue weighted by Gasteiger charge is 2.26. The van der Waals surface area contributed by atoms with Crippen LogP contribution in [0.4, 0.5) is 0 Å². The second-order valence-corrected chi connectivity index (χ2v) is 13.6. The number of hydrogen-bond donors (Lipinski definition) is 6. The molecule has 0 spiro atoms. The summed E-state index contributed by atoms with van der Waals surface area (Å²) < 4.78 is 42.3.